The first-order valence-corrected chi connectivity index (χ1v) is 5.87. The van der Waals surface area contributed by atoms with Crippen LogP contribution in [0.4, 0.5) is 0 Å². The number of hydrogen-bond acceptors (Lipinski definition) is 2. The molecule has 82 valence electrons. The van der Waals surface area contributed by atoms with Crippen LogP contribution in [0.5, 0.6) is 0 Å². The zero-order valence-corrected chi connectivity index (χ0v) is 9.51. The Bertz CT molecular complexity index is 192. The summed E-state index contributed by atoms with van der Waals surface area (Å²) in [5.41, 5.74) is 5.62. The Morgan fingerprint density at radius 3 is 2.43 bits per heavy atom. The van der Waals surface area contributed by atoms with Crippen LogP contribution in [-0.2, 0) is 4.79 Å². The van der Waals surface area contributed by atoms with Crippen LogP contribution in [0.1, 0.15) is 58.8 Å². The Kier molecular flexibility index (Phi) is 4.11. The first-order valence-electron chi connectivity index (χ1n) is 5.87. The lowest BCUT2D eigenvalue weighted by molar-refractivity contribution is -0.124. The molecule has 0 aromatic rings. The number of Topliss-reactive ketones (excluding diaryl/α,β-unsaturated/α-hetero) is 1. The zero-order valence-electron chi connectivity index (χ0n) is 9.51. The molecule has 0 aromatic carbocycles. The molecule has 1 aliphatic carbocycles. The third-order valence-corrected chi connectivity index (χ3v) is 3.24. The Hall–Kier alpha value is -0.370. The van der Waals surface area contributed by atoms with E-state index in [0.717, 1.165) is 38.5 Å². The number of nitrogens with two attached hydrogens (primary N) is 1. The Balaban J connectivity index is 2.27. The van der Waals surface area contributed by atoms with E-state index < -0.39 is 5.54 Å². The van der Waals surface area contributed by atoms with E-state index in [2.05, 4.69) is 13.8 Å². The molecule has 0 heterocycles. The van der Waals surface area contributed by atoms with Gasteiger partial charge in [0.15, 0.2) is 5.78 Å². The van der Waals surface area contributed by atoms with E-state index in [4.69, 9.17) is 5.73 Å². The molecule has 0 bridgehead atoms. The maximum atomic E-state index is 11.8. The normalized spacial score (nSPS) is 20.3. The Morgan fingerprint density at radius 1 is 1.36 bits per heavy atom. The third kappa shape index (κ3) is 3.09. The van der Waals surface area contributed by atoms with Gasteiger partial charge in [-0.2, -0.15) is 0 Å². The highest BCUT2D eigenvalue weighted by molar-refractivity contribution is 5.88. The van der Waals surface area contributed by atoms with Crippen LogP contribution >= 0.6 is 0 Å². The molecule has 0 aromatic heterocycles. The van der Waals surface area contributed by atoms with Gasteiger partial charge in [-0.15, -0.1) is 0 Å². The fraction of sp³-hybridized carbons (Fsp3) is 0.917. The highest BCUT2D eigenvalue weighted by Crippen LogP contribution is 2.29. The molecule has 1 aliphatic rings. The van der Waals surface area contributed by atoms with E-state index in [1.165, 1.54) is 0 Å². The number of hydrogen-bond donors (Lipinski definition) is 1. The van der Waals surface area contributed by atoms with Gasteiger partial charge in [-0.3, -0.25) is 4.79 Å². The molecule has 0 unspecified atom stereocenters. The van der Waals surface area contributed by atoms with Crippen LogP contribution in [0.2, 0.25) is 0 Å². The summed E-state index contributed by atoms with van der Waals surface area (Å²) < 4.78 is 0. The summed E-state index contributed by atoms with van der Waals surface area (Å²) in [5, 5.41) is 0. The summed E-state index contributed by atoms with van der Waals surface area (Å²) in [6.07, 6.45) is 6.92. The largest absolute Gasteiger partial charge is 0.319 e. The molecule has 0 amide bonds. The molecule has 1 rings (SSSR count). The SMILES string of the molecule is CC(C)CCCC(=O)C1(N)CCCC1. The van der Waals surface area contributed by atoms with Gasteiger partial charge in [0, 0.05) is 6.42 Å². The minimum absolute atomic E-state index is 0.302. The summed E-state index contributed by atoms with van der Waals surface area (Å²) in [4.78, 5) is 11.8. The summed E-state index contributed by atoms with van der Waals surface area (Å²) in [6, 6.07) is 0. The van der Waals surface area contributed by atoms with Crippen LogP contribution < -0.4 is 5.73 Å². The molecule has 1 saturated carbocycles. The maximum Gasteiger partial charge on any atom is 0.152 e. The molecular formula is C12H23NO. The van der Waals surface area contributed by atoms with Crippen molar-refractivity contribution in [3.05, 3.63) is 0 Å². The monoisotopic (exact) mass is 197 g/mol. The van der Waals surface area contributed by atoms with Gasteiger partial charge in [-0.25, -0.2) is 0 Å². The molecule has 0 spiro atoms. The fourth-order valence-corrected chi connectivity index (χ4v) is 2.20. The third-order valence-electron chi connectivity index (χ3n) is 3.24. The summed E-state index contributed by atoms with van der Waals surface area (Å²) in [7, 11) is 0. The van der Waals surface area contributed by atoms with E-state index in [1.807, 2.05) is 0 Å². The van der Waals surface area contributed by atoms with Crippen LogP contribution in [0.15, 0.2) is 0 Å². The first-order chi connectivity index (χ1) is 6.54. The molecule has 2 heteroatoms. The van der Waals surface area contributed by atoms with Crippen molar-refractivity contribution in [3.63, 3.8) is 0 Å². The predicted molar refractivity (Wildman–Crippen MR) is 59.1 cm³/mol. The average molecular weight is 197 g/mol. The quantitative estimate of drug-likeness (QED) is 0.736. The van der Waals surface area contributed by atoms with Crippen LogP contribution in [0.3, 0.4) is 0 Å². The van der Waals surface area contributed by atoms with Crippen molar-refractivity contribution < 1.29 is 4.79 Å². The summed E-state index contributed by atoms with van der Waals surface area (Å²) in [5.74, 6) is 0.996. The van der Waals surface area contributed by atoms with E-state index in [-0.39, 0.29) is 0 Å². The van der Waals surface area contributed by atoms with Gasteiger partial charge >= 0.3 is 0 Å². The Labute approximate surface area is 87.2 Å². The fourth-order valence-electron chi connectivity index (χ4n) is 2.20. The van der Waals surface area contributed by atoms with Crippen molar-refractivity contribution in [2.24, 2.45) is 11.7 Å². The highest BCUT2D eigenvalue weighted by atomic mass is 16.1. The van der Waals surface area contributed by atoms with Gasteiger partial charge in [0.25, 0.3) is 0 Å². The van der Waals surface area contributed by atoms with Gasteiger partial charge < -0.3 is 5.73 Å². The van der Waals surface area contributed by atoms with E-state index in [9.17, 15) is 4.79 Å². The van der Waals surface area contributed by atoms with E-state index in [1.54, 1.807) is 0 Å². The molecule has 0 aliphatic heterocycles. The minimum Gasteiger partial charge on any atom is -0.319 e. The number of rotatable bonds is 5. The van der Waals surface area contributed by atoms with E-state index >= 15 is 0 Å². The number of carbonyl (C=O) groups excluding carboxylic acids is 1. The van der Waals surface area contributed by atoms with Crippen molar-refractivity contribution >= 4 is 5.78 Å². The van der Waals surface area contributed by atoms with Gasteiger partial charge in [-0.1, -0.05) is 33.1 Å². The van der Waals surface area contributed by atoms with Crippen molar-refractivity contribution in [1.82, 2.24) is 0 Å². The molecule has 0 saturated heterocycles. The second-order valence-electron chi connectivity index (χ2n) is 5.07. The topological polar surface area (TPSA) is 43.1 Å². The van der Waals surface area contributed by atoms with Crippen LogP contribution in [-0.4, -0.2) is 11.3 Å². The smallest absolute Gasteiger partial charge is 0.152 e. The molecular weight excluding hydrogens is 174 g/mol. The standard InChI is InChI=1S/C12H23NO/c1-10(2)6-5-7-11(14)12(13)8-3-4-9-12/h10H,3-9,13H2,1-2H3. The Morgan fingerprint density at radius 2 is 1.93 bits per heavy atom. The van der Waals surface area contributed by atoms with Crippen LogP contribution in [0, 0.1) is 5.92 Å². The van der Waals surface area contributed by atoms with Gasteiger partial charge in [-0.05, 0) is 25.2 Å². The van der Waals surface area contributed by atoms with Gasteiger partial charge in [0.05, 0.1) is 5.54 Å². The zero-order chi connectivity index (χ0) is 10.6. The van der Waals surface area contributed by atoms with Gasteiger partial charge in [0.2, 0.25) is 0 Å². The van der Waals surface area contributed by atoms with E-state index in [0.29, 0.717) is 18.1 Å². The minimum atomic E-state index is -0.447. The molecule has 0 radical (unpaired) electrons. The second kappa shape index (κ2) is 4.92. The lowest BCUT2D eigenvalue weighted by Crippen LogP contribution is -2.45. The predicted octanol–water partition coefficient (Wildman–Crippen LogP) is 2.65. The average Bonchev–Trinajstić information content (AvgIpc) is 2.52. The molecule has 1 fully saturated rings. The lowest BCUT2D eigenvalue weighted by atomic mass is 9.89. The molecule has 2 nitrogen and oxygen atoms in total. The van der Waals surface area contributed by atoms with Crippen molar-refractivity contribution in [3.8, 4) is 0 Å². The van der Waals surface area contributed by atoms with Crippen molar-refractivity contribution in [2.75, 3.05) is 0 Å². The highest BCUT2D eigenvalue weighted by Gasteiger charge is 2.35. The van der Waals surface area contributed by atoms with Crippen molar-refractivity contribution in [2.45, 2.75) is 64.3 Å². The number of ketones is 1. The van der Waals surface area contributed by atoms with Crippen LogP contribution in [0.25, 0.3) is 0 Å². The lowest BCUT2D eigenvalue weighted by Gasteiger charge is -2.21. The molecule has 14 heavy (non-hydrogen) atoms. The number of carbonyl (C=O) groups is 1. The summed E-state index contributed by atoms with van der Waals surface area (Å²) >= 11 is 0. The van der Waals surface area contributed by atoms with Gasteiger partial charge in [0.1, 0.15) is 0 Å². The first kappa shape index (κ1) is 11.7. The second-order valence-corrected chi connectivity index (χ2v) is 5.07. The molecule has 0 atom stereocenters. The molecule has 2 N–H and O–H groups in total. The maximum absolute atomic E-state index is 11.8. The van der Waals surface area contributed by atoms with Crippen molar-refractivity contribution in [1.29, 1.82) is 0 Å². The summed E-state index contributed by atoms with van der Waals surface area (Å²) in [6.45, 7) is 4.39.